The van der Waals surface area contributed by atoms with E-state index in [1.807, 2.05) is 13.8 Å². The molecule has 0 N–H and O–H groups in total. The van der Waals surface area contributed by atoms with Gasteiger partial charge >= 0.3 is 5.97 Å². The normalized spacial score (nSPS) is 34.6. The lowest BCUT2D eigenvalue weighted by Gasteiger charge is -2.21. The second-order valence-corrected chi connectivity index (χ2v) is 4.87. The summed E-state index contributed by atoms with van der Waals surface area (Å²) in [5, 5.41) is 0. The highest BCUT2D eigenvalue weighted by Crippen LogP contribution is 2.39. The van der Waals surface area contributed by atoms with Gasteiger partial charge in [-0.3, -0.25) is 0 Å². The number of hydrogen-bond donors (Lipinski definition) is 0. The van der Waals surface area contributed by atoms with Crippen LogP contribution in [0.3, 0.4) is 0 Å². The van der Waals surface area contributed by atoms with Crippen molar-refractivity contribution >= 4 is 5.97 Å². The zero-order chi connectivity index (χ0) is 12.5. The maximum Gasteiger partial charge on any atom is 0.332 e. The molecule has 98 valence electrons. The van der Waals surface area contributed by atoms with Crippen LogP contribution in [0.2, 0.25) is 0 Å². The summed E-state index contributed by atoms with van der Waals surface area (Å²) in [5.41, 5.74) is 0. The number of fused-ring (bicyclic) bond motifs is 1. The molecule has 3 atom stereocenters. The van der Waals surface area contributed by atoms with Crippen molar-refractivity contribution in [2.24, 2.45) is 0 Å². The first-order valence-corrected chi connectivity index (χ1v) is 6.14. The number of hydrogen-bond acceptors (Lipinski definition) is 5. The number of esters is 1. The predicted octanol–water partition coefficient (Wildman–Crippen LogP) is 1.25. The third-order valence-corrected chi connectivity index (χ3v) is 3.04. The number of carbonyl (C=O) groups is 1. The number of ether oxygens (including phenoxy) is 4. The quantitative estimate of drug-likeness (QED) is 0.697. The van der Waals surface area contributed by atoms with E-state index in [0.717, 1.165) is 12.8 Å². The average Bonchev–Trinajstić information content (AvgIpc) is 2.71. The Labute approximate surface area is 101 Å². The first-order chi connectivity index (χ1) is 8.02. The first-order valence-electron chi connectivity index (χ1n) is 6.14. The SMILES string of the molecule is CCOC(=O)COC1CC[C@@H]2OC(C)(C)O[C@H]12. The van der Waals surface area contributed by atoms with Crippen LogP contribution in [-0.4, -0.2) is 43.3 Å². The van der Waals surface area contributed by atoms with Crippen LogP contribution in [-0.2, 0) is 23.7 Å². The molecular weight excluding hydrogens is 224 g/mol. The lowest BCUT2D eigenvalue weighted by atomic mass is 10.2. The van der Waals surface area contributed by atoms with Crippen molar-refractivity contribution in [3.05, 3.63) is 0 Å². The standard InChI is InChI=1S/C12H20O5/c1-4-14-10(13)7-15-8-5-6-9-11(8)17-12(2,3)16-9/h8-9,11H,4-7H2,1-3H3/t8?,9-,11+/m0/s1. The second kappa shape index (κ2) is 4.92. The Morgan fingerprint density at radius 1 is 1.35 bits per heavy atom. The summed E-state index contributed by atoms with van der Waals surface area (Å²) < 4.78 is 21.9. The van der Waals surface area contributed by atoms with E-state index in [0.29, 0.717) is 6.61 Å². The fraction of sp³-hybridized carbons (Fsp3) is 0.917. The van der Waals surface area contributed by atoms with Crippen LogP contribution in [0.15, 0.2) is 0 Å². The molecule has 0 bridgehead atoms. The van der Waals surface area contributed by atoms with Crippen molar-refractivity contribution in [1.29, 1.82) is 0 Å². The molecule has 0 aromatic heterocycles. The summed E-state index contributed by atoms with van der Waals surface area (Å²) in [6.07, 6.45) is 1.76. The molecule has 5 nitrogen and oxygen atoms in total. The fourth-order valence-corrected chi connectivity index (χ4v) is 2.45. The van der Waals surface area contributed by atoms with Crippen LogP contribution in [0.5, 0.6) is 0 Å². The molecular formula is C12H20O5. The zero-order valence-electron chi connectivity index (χ0n) is 10.6. The van der Waals surface area contributed by atoms with Crippen molar-refractivity contribution in [3.8, 4) is 0 Å². The molecule has 17 heavy (non-hydrogen) atoms. The molecule has 1 heterocycles. The van der Waals surface area contributed by atoms with E-state index in [9.17, 15) is 4.79 Å². The Bertz CT molecular complexity index is 289. The first kappa shape index (κ1) is 12.8. The molecule has 0 spiro atoms. The van der Waals surface area contributed by atoms with Crippen molar-refractivity contribution in [2.45, 2.75) is 57.7 Å². The van der Waals surface area contributed by atoms with E-state index in [2.05, 4.69) is 0 Å². The summed E-state index contributed by atoms with van der Waals surface area (Å²) in [7, 11) is 0. The molecule has 0 radical (unpaired) electrons. The van der Waals surface area contributed by atoms with E-state index < -0.39 is 5.79 Å². The Morgan fingerprint density at radius 3 is 2.82 bits per heavy atom. The average molecular weight is 244 g/mol. The van der Waals surface area contributed by atoms with Gasteiger partial charge < -0.3 is 18.9 Å². The molecule has 1 unspecified atom stereocenters. The molecule has 1 aliphatic carbocycles. The van der Waals surface area contributed by atoms with Crippen molar-refractivity contribution in [3.63, 3.8) is 0 Å². The molecule has 0 aromatic carbocycles. The highest BCUT2D eigenvalue weighted by atomic mass is 16.8. The van der Waals surface area contributed by atoms with Gasteiger partial charge in [0.25, 0.3) is 0 Å². The highest BCUT2D eigenvalue weighted by molar-refractivity contribution is 5.70. The minimum atomic E-state index is -0.540. The van der Waals surface area contributed by atoms with Crippen LogP contribution >= 0.6 is 0 Å². The smallest absolute Gasteiger partial charge is 0.332 e. The molecule has 0 aromatic rings. The van der Waals surface area contributed by atoms with Gasteiger partial charge in [0.15, 0.2) is 5.79 Å². The van der Waals surface area contributed by atoms with Gasteiger partial charge in [0.1, 0.15) is 12.7 Å². The molecule has 1 saturated carbocycles. The van der Waals surface area contributed by atoms with Gasteiger partial charge in [-0.25, -0.2) is 4.79 Å². The van der Waals surface area contributed by atoms with Crippen LogP contribution in [0.25, 0.3) is 0 Å². The van der Waals surface area contributed by atoms with Crippen LogP contribution in [0, 0.1) is 0 Å². The summed E-state index contributed by atoms with van der Waals surface area (Å²) >= 11 is 0. The third kappa shape index (κ3) is 2.97. The van der Waals surface area contributed by atoms with Gasteiger partial charge in [0, 0.05) is 0 Å². The van der Waals surface area contributed by atoms with E-state index in [-0.39, 0.29) is 30.9 Å². The van der Waals surface area contributed by atoms with Gasteiger partial charge in [-0.2, -0.15) is 0 Å². The molecule has 5 heteroatoms. The topological polar surface area (TPSA) is 54.0 Å². The monoisotopic (exact) mass is 244 g/mol. The van der Waals surface area contributed by atoms with Crippen LogP contribution in [0.1, 0.15) is 33.6 Å². The van der Waals surface area contributed by atoms with E-state index in [1.54, 1.807) is 6.92 Å². The Hall–Kier alpha value is -0.650. The second-order valence-electron chi connectivity index (χ2n) is 4.87. The lowest BCUT2D eigenvalue weighted by molar-refractivity contribution is -0.171. The maximum absolute atomic E-state index is 11.2. The fourth-order valence-electron chi connectivity index (χ4n) is 2.45. The van der Waals surface area contributed by atoms with Gasteiger partial charge in [0.2, 0.25) is 0 Å². The Kier molecular flexibility index (Phi) is 3.70. The Balaban J connectivity index is 1.81. The minimum Gasteiger partial charge on any atom is -0.464 e. The number of rotatable bonds is 4. The molecule has 2 fully saturated rings. The summed E-state index contributed by atoms with van der Waals surface area (Å²) in [6.45, 7) is 5.94. The molecule has 0 amide bonds. The summed E-state index contributed by atoms with van der Waals surface area (Å²) in [6, 6.07) is 0. The largest absolute Gasteiger partial charge is 0.464 e. The molecule has 2 rings (SSSR count). The van der Waals surface area contributed by atoms with Crippen LogP contribution in [0.4, 0.5) is 0 Å². The summed E-state index contributed by atoms with van der Waals surface area (Å²) in [5.74, 6) is -0.865. The van der Waals surface area contributed by atoms with Crippen molar-refractivity contribution < 1.29 is 23.7 Å². The summed E-state index contributed by atoms with van der Waals surface area (Å²) in [4.78, 5) is 11.2. The van der Waals surface area contributed by atoms with Gasteiger partial charge in [-0.1, -0.05) is 0 Å². The zero-order valence-corrected chi connectivity index (χ0v) is 10.6. The van der Waals surface area contributed by atoms with Gasteiger partial charge in [-0.15, -0.1) is 0 Å². The molecule has 1 saturated heterocycles. The molecule has 2 aliphatic rings. The minimum absolute atomic E-state index is 0.00842. The number of carbonyl (C=O) groups excluding carboxylic acids is 1. The van der Waals surface area contributed by atoms with E-state index in [1.165, 1.54) is 0 Å². The molecule has 1 aliphatic heterocycles. The van der Waals surface area contributed by atoms with Crippen molar-refractivity contribution in [1.82, 2.24) is 0 Å². The Morgan fingerprint density at radius 2 is 2.12 bits per heavy atom. The van der Waals surface area contributed by atoms with Gasteiger partial charge in [0.05, 0.1) is 18.8 Å². The van der Waals surface area contributed by atoms with Crippen LogP contribution < -0.4 is 0 Å². The maximum atomic E-state index is 11.2. The van der Waals surface area contributed by atoms with E-state index in [4.69, 9.17) is 18.9 Å². The third-order valence-electron chi connectivity index (χ3n) is 3.04. The van der Waals surface area contributed by atoms with Crippen molar-refractivity contribution in [2.75, 3.05) is 13.2 Å². The predicted molar refractivity (Wildman–Crippen MR) is 59.4 cm³/mol. The highest BCUT2D eigenvalue weighted by Gasteiger charge is 2.49. The lowest BCUT2D eigenvalue weighted by Crippen LogP contribution is -2.32. The van der Waals surface area contributed by atoms with E-state index >= 15 is 0 Å². The van der Waals surface area contributed by atoms with Gasteiger partial charge in [-0.05, 0) is 33.6 Å².